The highest BCUT2D eigenvalue weighted by atomic mass is 19.1. The van der Waals surface area contributed by atoms with E-state index < -0.39 is 41.7 Å². The third-order valence-electron chi connectivity index (χ3n) is 10.9. The van der Waals surface area contributed by atoms with Gasteiger partial charge in [-0.3, -0.25) is 23.9 Å². The third-order valence-corrected chi connectivity index (χ3v) is 10.9. The number of nitrogens with zero attached hydrogens (tertiary/aromatic N) is 4. The lowest BCUT2D eigenvalue weighted by Gasteiger charge is -2.40. The fourth-order valence-corrected chi connectivity index (χ4v) is 7.09. The molecule has 1 aromatic heterocycles. The van der Waals surface area contributed by atoms with Gasteiger partial charge in [-0.05, 0) is 101 Å². The highest BCUT2D eigenvalue weighted by molar-refractivity contribution is 6.01. The van der Waals surface area contributed by atoms with Crippen molar-refractivity contribution in [1.82, 2.24) is 30.2 Å². The Morgan fingerprint density at radius 2 is 1.63 bits per heavy atom. The summed E-state index contributed by atoms with van der Waals surface area (Å²) < 4.78 is 22.8. The second-order valence-corrected chi connectivity index (χ2v) is 14.6. The molecule has 0 unspecified atom stereocenters. The summed E-state index contributed by atoms with van der Waals surface area (Å²) in [6, 6.07) is 4.71. The van der Waals surface area contributed by atoms with E-state index in [1.807, 2.05) is 14.0 Å². The summed E-state index contributed by atoms with van der Waals surface area (Å²) in [5, 5.41) is 13.0. The number of ether oxygens (including phenoxy) is 1. The molecule has 3 aliphatic carbocycles. The number of carbonyl (C=O) groups is 4. The molecular formula is C36H50FN7O5. The normalized spacial score (nSPS) is 22.3. The maximum atomic E-state index is 15.8. The fourth-order valence-electron chi connectivity index (χ4n) is 7.09. The number of rotatable bonds is 14. The van der Waals surface area contributed by atoms with Crippen LogP contribution in [0, 0.1) is 23.6 Å². The van der Waals surface area contributed by atoms with Crippen LogP contribution in [0.5, 0.6) is 0 Å². The first-order chi connectivity index (χ1) is 23.5. The number of anilines is 1. The standard InChI is InChI=1S/C36H50FN7O5/c1-20-19-43(17-16-42(20)4)36(48)31(40-33(45)22(3)49-5)21(2)25-10-13-28(27(37)18-25)39-35(47)32(30(23-6-7-23)24-8-9-24)41-34(46)29-14-15-38-44(29)26-11-12-26/h10,13-15,18,20-24,26,30-32H,6-9,11-12,16-17,19H2,1-5H3,(H,39,47)(H,40,45)(H,41,46)/t20-,21+,22+,31-,32+/m1/s1. The quantitative estimate of drug-likeness (QED) is 0.279. The molecule has 4 aliphatic rings. The van der Waals surface area contributed by atoms with Crippen LogP contribution in [-0.2, 0) is 19.1 Å². The van der Waals surface area contributed by atoms with Gasteiger partial charge in [0.25, 0.3) is 5.91 Å². The van der Waals surface area contributed by atoms with Crippen molar-refractivity contribution in [3.63, 3.8) is 0 Å². The largest absolute Gasteiger partial charge is 0.372 e. The molecule has 12 nitrogen and oxygen atoms in total. The van der Waals surface area contributed by atoms with Crippen molar-refractivity contribution < 1.29 is 28.3 Å². The van der Waals surface area contributed by atoms with Gasteiger partial charge >= 0.3 is 0 Å². The van der Waals surface area contributed by atoms with E-state index in [1.54, 1.807) is 41.8 Å². The van der Waals surface area contributed by atoms with E-state index in [1.165, 1.54) is 19.2 Å². The summed E-state index contributed by atoms with van der Waals surface area (Å²) in [7, 11) is 3.43. The van der Waals surface area contributed by atoms with Crippen LogP contribution in [0.3, 0.4) is 0 Å². The molecule has 13 heteroatoms. The van der Waals surface area contributed by atoms with Gasteiger partial charge < -0.3 is 30.5 Å². The van der Waals surface area contributed by atoms with E-state index in [-0.39, 0.29) is 35.5 Å². The first-order valence-electron chi connectivity index (χ1n) is 17.7. The van der Waals surface area contributed by atoms with Gasteiger partial charge in [0.2, 0.25) is 17.7 Å². The van der Waals surface area contributed by atoms with Crippen LogP contribution in [0.15, 0.2) is 30.5 Å². The number of hydrogen-bond acceptors (Lipinski definition) is 7. The zero-order chi connectivity index (χ0) is 35.0. The van der Waals surface area contributed by atoms with E-state index in [9.17, 15) is 19.2 Å². The Kier molecular flexibility index (Phi) is 10.4. The molecule has 1 saturated heterocycles. The Morgan fingerprint density at radius 1 is 0.939 bits per heavy atom. The molecule has 0 radical (unpaired) electrons. The Bertz CT molecular complexity index is 1540. The summed E-state index contributed by atoms with van der Waals surface area (Å²) in [5.41, 5.74) is 0.909. The van der Waals surface area contributed by atoms with Gasteiger partial charge in [0.1, 0.15) is 29.7 Å². The van der Waals surface area contributed by atoms with Crippen molar-refractivity contribution in [2.75, 3.05) is 39.1 Å². The first kappa shape index (κ1) is 35.0. The maximum Gasteiger partial charge on any atom is 0.270 e. The van der Waals surface area contributed by atoms with Gasteiger partial charge in [-0.1, -0.05) is 13.0 Å². The molecule has 0 bridgehead atoms. The van der Waals surface area contributed by atoms with Gasteiger partial charge in [0.05, 0.1) is 11.7 Å². The summed E-state index contributed by atoms with van der Waals surface area (Å²) in [4.78, 5) is 58.2. The van der Waals surface area contributed by atoms with Crippen LogP contribution in [0.25, 0.3) is 0 Å². The molecule has 6 rings (SSSR count). The average Bonchev–Trinajstić information content (AvgIpc) is 3.96. The topological polar surface area (TPSA) is 138 Å². The molecule has 2 aromatic rings. The smallest absolute Gasteiger partial charge is 0.270 e. The molecule has 266 valence electrons. The lowest BCUT2D eigenvalue weighted by atomic mass is 9.88. The lowest BCUT2D eigenvalue weighted by molar-refractivity contribution is -0.141. The Morgan fingerprint density at radius 3 is 2.22 bits per heavy atom. The highest BCUT2D eigenvalue weighted by Gasteiger charge is 2.48. The molecular weight excluding hydrogens is 629 g/mol. The predicted octanol–water partition coefficient (Wildman–Crippen LogP) is 3.32. The second kappa shape index (κ2) is 14.6. The molecule has 3 saturated carbocycles. The van der Waals surface area contributed by atoms with Crippen molar-refractivity contribution in [3.05, 3.63) is 47.5 Å². The van der Waals surface area contributed by atoms with Gasteiger partial charge in [-0.25, -0.2) is 4.39 Å². The van der Waals surface area contributed by atoms with Crippen molar-refractivity contribution >= 4 is 29.3 Å². The number of hydrogen-bond donors (Lipinski definition) is 3. The third kappa shape index (κ3) is 7.98. The second-order valence-electron chi connectivity index (χ2n) is 14.6. The molecule has 5 atom stereocenters. The minimum absolute atomic E-state index is 0.0126. The molecule has 4 amide bonds. The number of piperazine rings is 1. The average molecular weight is 680 g/mol. The van der Waals surface area contributed by atoms with Crippen molar-refractivity contribution in [3.8, 4) is 0 Å². The molecule has 49 heavy (non-hydrogen) atoms. The number of aromatic nitrogens is 2. The number of amides is 4. The van der Waals surface area contributed by atoms with Crippen LogP contribution < -0.4 is 16.0 Å². The van der Waals surface area contributed by atoms with Crippen LogP contribution >= 0.6 is 0 Å². The Balaban J connectivity index is 1.20. The molecule has 0 spiro atoms. The molecule has 1 aliphatic heterocycles. The zero-order valence-corrected chi connectivity index (χ0v) is 29.2. The van der Waals surface area contributed by atoms with Crippen LogP contribution in [0.1, 0.15) is 87.3 Å². The van der Waals surface area contributed by atoms with Gasteiger partial charge in [0.15, 0.2) is 0 Å². The number of halogens is 1. The summed E-state index contributed by atoms with van der Waals surface area (Å²) >= 11 is 0. The summed E-state index contributed by atoms with van der Waals surface area (Å²) in [5.74, 6) is -2.07. The van der Waals surface area contributed by atoms with Crippen molar-refractivity contribution in [1.29, 1.82) is 0 Å². The van der Waals surface area contributed by atoms with E-state index in [4.69, 9.17) is 4.74 Å². The molecule has 4 fully saturated rings. The number of carbonyl (C=O) groups excluding carboxylic acids is 4. The molecule has 3 N–H and O–H groups in total. The Labute approximate surface area is 287 Å². The zero-order valence-electron chi connectivity index (χ0n) is 29.2. The number of methoxy groups -OCH3 is 1. The van der Waals surface area contributed by atoms with Crippen LogP contribution in [0.4, 0.5) is 10.1 Å². The maximum absolute atomic E-state index is 15.8. The minimum Gasteiger partial charge on any atom is -0.372 e. The van der Waals surface area contributed by atoms with E-state index in [2.05, 4.69) is 25.9 Å². The van der Waals surface area contributed by atoms with Crippen LogP contribution in [0.2, 0.25) is 0 Å². The van der Waals surface area contributed by atoms with Gasteiger partial charge in [0, 0.05) is 44.9 Å². The lowest BCUT2D eigenvalue weighted by Crippen LogP contribution is -2.58. The number of benzene rings is 1. The van der Waals surface area contributed by atoms with Crippen molar-refractivity contribution in [2.24, 2.45) is 17.8 Å². The van der Waals surface area contributed by atoms with E-state index >= 15 is 4.39 Å². The minimum atomic E-state index is -0.956. The highest BCUT2D eigenvalue weighted by Crippen LogP contribution is 2.51. The van der Waals surface area contributed by atoms with Gasteiger partial charge in [-0.15, -0.1) is 0 Å². The fraction of sp³-hybridized carbons (Fsp3) is 0.639. The molecule has 2 heterocycles. The molecule has 1 aromatic carbocycles. The van der Waals surface area contributed by atoms with Crippen LogP contribution in [-0.4, -0.2) is 101 Å². The van der Waals surface area contributed by atoms with E-state index in [0.717, 1.165) is 38.5 Å². The van der Waals surface area contributed by atoms with E-state index in [0.29, 0.717) is 42.7 Å². The number of likely N-dealkylation sites (N-methyl/N-ethyl adjacent to an activating group) is 1. The summed E-state index contributed by atoms with van der Waals surface area (Å²) in [6.07, 6.45) is 6.80. The SMILES string of the molecule is CO[C@@H](C)C(=O)N[C@@H](C(=O)N1CCN(C)[C@H](C)C1)[C@@H](C)c1ccc(NC(=O)[C@@H](NC(=O)c2ccnn2C2CC2)C(C2CC2)C2CC2)c(F)c1. The Hall–Kier alpha value is -3.84. The monoisotopic (exact) mass is 679 g/mol. The first-order valence-corrected chi connectivity index (χ1v) is 17.7. The predicted molar refractivity (Wildman–Crippen MR) is 181 cm³/mol. The van der Waals surface area contributed by atoms with Crippen molar-refractivity contribution in [2.45, 2.75) is 95.5 Å². The van der Waals surface area contributed by atoms with Gasteiger partial charge in [-0.2, -0.15) is 5.10 Å². The summed E-state index contributed by atoms with van der Waals surface area (Å²) in [6.45, 7) is 7.15. The number of nitrogens with one attached hydrogen (secondary N) is 3.